The van der Waals surface area contributed by atoms with Crippen molar-refractivity contribution >= 4 is 23.6 Å². The fourth-order valence-electron chi connectivity index (χ4n) is 4.48. The Morgan fingerprint density at radius 2 is 1.61 bits per heavy atom. The van der Waals surface area contributed by atoms with E-state index in [0.29, 0.717) is 61.0 Å². The Bertz CT molecular complexity index is 1420. The van der Waals surface area contributed by atoms with Gasteiger partial charge in [-0.25, -0.2) is 0 Å². The number of hydrogen-bond acceptors (Lipinski definition) is 8. The number of para-hydroxylation sites is 3. The SMILES string of the molecule is O=C(CSc1nnc([C@H]2COc3ccccc3O2)n1-c1ccccc1)N1CCN(C(=O)c2ccco2)CC1. The Hall–Kier alpha value is -4.25. The highest BCUT2D eigenvalue weighted by Gasteiger charge is 2.30. The Morgan fingerprint density at radius 1 is 0.868 bits per heavy atom. The largest absolute Gasteiger partial charge is 0.485 e. The number of amides is 2. The van der Waals surface area contributed by atoms with E-state index in [4.69, 9.17) is 13.9 Å². The fourth-order valence-corrected chi connectivity index (χ4v) is 5.34. The molecule has 0 spiro atoms. The molecule has 4 aromatic rings. The average Bonchev–Trinajstić information content (AvgIpc) is 3.67. The van der Waals surface area contributed by atoms with Crippen molar-refractivity contribution in [2.75, 3.05) is 38.5 Å². The van der Waals surface area contributed by atoms with Crippen molar-refractivity contribution in [2.45, 2.75) is 11.3 Å². The first-order valence-electron chi connectivity index (χ1n) is 12.3. The number of hydrogen-bond donors (Lipinski definition) is 0. The van der Waals surface area contributed by atoms with Gasteiger partial charge < -0.3 is 23.7 Å². The molecule has 0 saturated carbocycles. The third-order valence-electron chi connectivity index (χ3n) is 6.45. The molecule has 10 nitrogen and oxygen atoms in total. The van der Waals surface area contributed by atoms with Gasteiger partial charge >= 0.3 is 0 Å². The van der Waals surface area contributed by atoms with Crippen molar-refractivity contribution in [3.05, 3.63) is 84.6 Å². The zero-order valence-electron chi connectivity index (χ0n) is 20.4. The van der Waals surface area contributed by atoms with Crippen molar-refractivity contribution in [1.82, 2.24) is 24.6 Å². The standard InChI is InChI=1S/C27H25N5O5S/c33-24(30-12-14-31(15-13-30)26(34)22-11-6-16-35-22)18-38-27-29-28-25(32(27)19-7-2-1-3-8-19)23-17-36-20-9-4-5-10-21(20)37-23/h1-11,16,23H,12-15,17-18H2/t23-/m1/s1. The van der Waals surface area contributed by atoms with Gasteiger partial charge in [-0.1, -0.05) is 42.1 Å². The topological polar surface area (TPSA) is 103 Å². The van der Waals surface area contributed by atoms with E-state index < -0.39 is 6.10 Å². The Kier molecular flexibility index (Phi) is 6.74. The molecule has 0 bridgehead atoms. The predicted octanol–water partition coefficient (Wildman–Crippen LogP) is 3.45. The fraction of sp³-hybridized carbons (Fsp3) is 0.259. The number of ether oxygens (including phenoxy) is 2. The molecule has 194 valence electrons. The summed E-state index contributed by atoms with van der Waals surface area (Å²) in [5.41, 5.74) is 0.870. The van der Waals surface area contributed by atoms with E-state index in [0.717, 1.165) is 5.69 Å². The van der Waals surface area contributed by atoms with Gasteiger partial charge in [0.05, 0.1) is 12.0 Å². The van der Waals surface area contributed by atoms with Crippen LogP contribution >= 0.6 is 11.8 Å². The van der Waals surface area contributed by atoms with E-state index in [1.807, 2.05) is 59.2 Å². The van der Waals surface area contributed by atoms with E-state index >= 15 is 0 Å². The number of furan rings is 1. The number of thioether (sulfide) groups is 1. The Balaban J connectivity index is 1.14. The van der Waals surface area contributed by atoms with Crippen LogP contribution in [-0.4, -0.2) is 74.9 Å². The minimum absolute atomic E-state index is 0.0181. The lowest BCUT2D eigenvalue weighted by Crippen LogP contribution is -2.51. The number of aromatic nitrogens is 3. The molecule has 0 aliphatic carbocycles. The first-order chi connectivity index (χ1) is 18.7. The summed E-state index contributed by atoms with van der Waals surface area (Å²) in [7, 11) is 0. The number of rotatable bonds is 6. The van der Waals surface area contributed by atoms with Gasteiger partial charge in [0.1, 0.15) is 6.61 Å². The smallest absolute Gasteiger partial charge is 0.289 e. The first kappa shape index (κ1) is 24.1. The van der Waals surface area contributed by atoms with Crippen LogP contribution in [0.25, 0.3) is 5.69 Å². The van der Waals surface area contributed by atoms with E-state index in [-0.39, 0.29) is 17.6 Å². The lowest BCUT2D eigenvalue weighted by atomic mass is 10.2. The lowest BCUT2D eigenvalue weighted by Gasteiger charge is -2.34. The average molecular weight is 532 g/mol. The molecule has 0 unspecified atom stereocenters. The van der Waals surface area contributed by atoms with Gasteiger partial charge in [-0.3, -0.25) is 14.2 Å². The summed E-state index contributed by atoms with van der Waals surface area (Å²) in [6, 6.07) is 20.6. The molecule has 1 fully saturated rings. The van der Waals surface area contributed by atoms with Gasteiger partial charge in [-0.05, 0) is 36.4 Å². The molecule has 2 aromatic heterocycles. The Labute approximate surface area is 223 Å². The van der Waals surface area contributed by atoms with Crippen LogP contribution in [0.5, 0.6) is 11.5 Å². The third-order valence-corrected chi connectivity index (χ3v) is 7.36. The van der Waals surface area contributed by atoms with Crippen molar-refractivity contribution < 1.29 is 23.5 Å². The van der Waals surface area contributed by atoms with E-state index in [1.54, 1.807) is 21.9 Å². The maximum absolute atomic E-state index is 13.1. The maximum Gasteiger partial charge on any atom is 0.289 e. The van der Waals surface area contributed by atoms with E-state index in [1.165, 1.54) is 18.0 Å². The van der Waals surface area contributed by atoms with Crippen molar-refractivity contribution in [3.63, 3.8) is 0 Å². The highest BCUT2D eigenvalue weighted by Crippen LogP contribution is 2.37. The zero-order chi connectivity index (χ0) is 25.9. The number of fused-ring (bicyclic) bond motifs is 1. The molecule has 0 N–H and O–H groups in total. The van der Waals surface area contributed by atoms with Crippen molar-refractivity contribution in [2.24, 2.45) is 0 Å². The van der Waals surface area contributed by atoms with Crippen LogP contribution in [0.2, 0.25) is 0 Å². The predicted molar refractivity (Wildman–Crippen MR) is 139 cm³/mol. The van der Waals surface area contributed by atoms with Gasteiger partial charge in [0.2, 0.25) is 5.91 Å². The molecule has 4 heterocycles. The molecule has 2 aromatic carbocycles. The zero-order valence-corrected chi connectivity index (χ0v) is 21.3. The summed E-state index contributed by atoms with van der Waals surface area (Å²) >= 11 is 1.33. The molecular weight excluding hydrogens is 506 g/mol. The van der Waals surface area contributed by atoms with Gasteiger partial charge in [-0.2, -0.15) is 0 Å². The third kappa shape index (κ3) is 4.84. The molecule has 1 atom stereocenters. The Morgan fingerprint density at radius 3 is 2.37 bits per heavy atom. The minimum atomic E-state index is -0.456. The highest BCUT2D eigenvalue weighted by molar-refractivity contribution is 7.99. The molecule has 38 heavy (non-hydrogen) atoms. The summed E-state index contributed by atoms with van der Waals surface area (Å²) in [4.78, 5) is 29.0. The summed E-state index contributed by atoms with van der Waals surface area (Å²) in [5, 5.41) is 9.44. The lowest BCUT2D eigenvalue weighted by molar-refractivity contribution is -0.129. The van der Waals surface area contributed by atoms with Crippen LogP contribution in [-0.2, 0) is 4.79 Å². The van der Waals surface area contributed by atoms with Crippen LogP contribution in [0, 0.1) is 0 Å². The number of carbonyl (C=O) groups excluding carboxylic acids is 2. The summed E-state index contributed by atoms with van der Waals surface area (Å²) in [6.07, 6.45) is 1.03. The highest BCUT2D eigenvalue weighted by atomic mass is 32.2. The normalized spacial score (nSPS) is 16.9. The molecule has 11 heteroatoms. The number of piperazine rings is 1. The van der Waals surface area contributed by atoms with Gasteiger partial charge in [-0.15, -0.1) is 10.2 Å². The molecule has 0 radical (unpaired) electrons. The molecular formula is C27H25N5O5S. The quantitative estimate of drug-likeness (QED) is 0.349. The minimum Gasteiger partial charge on any atom is -0.485 e. The number of benzene rings is 2. The molecule has 1 saturated heterocycles. The first-order valence-corrected chi connectivity index (χ1v) is 13.3. The second-order valence-corrected chi connectivity index (χ2v) is 9.76. The van der Waals surface area contributed by atoms with Gasteiger partial charge in [0.15, 0.2) is 34.3 Å². The summed E-state index contributed by atoms with van der Waals surface area (Å²) in [5.74, 6) is 2.29. The number of carbonyl (C=O) groups is 2. The van der Waals surface area contributed by atoms with Gasteiger partial charge in [0, 0.05) is 31.9 Å². The summed E-state index contributed by atoms with van der Waals surface area (Å²) < 4.78 is 19.2. The molecule has 2 amide bonds. The van der Waals surface area contributed by atoms with Crippen LogP contribution < -0.4 is 9.47 Å². The maximum atomic E-state index is 13.1. The molecule has 2 aliphatic rings. The second-order valence-electron chi connectivity index (χ2n) is 8.81. The van der Waals surface area contributed by atoms with Crippen LogP contribution in [0.3, 0.4) is 0 Å². The van der Waals surface area contributed by atoms with Crippen LogP contribution in [0.15, 0.2) is 82.6 Å². The molecule has 6 rings (SSSR count). The molecule has 2 aliphatic heterocycles. The monoisotopic (exact) mass is 531 g/mol. The second kappa shape index (κ2) is 10.6. The summed E-state index contributed by atoms with van der Waals surface area (Å²) in [6.45, 7) is 2.15. The van der Waals surface area contributed by atoms with Gasteiger partial charge in [0.25, 0.3) is 5.91 Å². The van der Waals surface area contributed by atoms with Crippen molar-refractivity contribution in [3.8, 4) is 17.2 Å². The van der Waals surface area contributed by atoms with Crippen LogP contribution in [0.1, 0.15) is 22.5 Å². The van der Waals surface area contributed by atoms with Crippen LogP contribution in [0.4, 0.5) is 0 Å². The van der Waals surface area contributed by atoms with E-state index in [9.17, 15) is 9.59 Å². The van der Waals surface area contributed by atoms with E-state index in [2.05, 4.69) is 10.2 Å². The number of nitrogens with zero attached hydrogens (tertiary/aromatic N) is 5. The van der Waals surface area contributed by atoms with Crippen molar-refractivity contribution in [1.29, 1.82) is 0 Å².